The van der Waals surface area contributed by atoms with Crippen LogP contribution in [0.15, 0.2) is 0 Å². The van der Waals surface area contributed by atoms with Gasteiger partial charge in [-0.15, -0.1) is 0 Å². The zero-order valence-corrected chi connectivity index (χ0v) is 12.7. The van der Waals surface area contributed by atoms with E-state index in [0.717, 1.165) is 0 Å². The molecule has 0 aromatic rings. The van der Waals surface area contributed by atoms with Gasteiger partial charge in [-0.05, 0) is 57.9 Å². The van der Waals surface area contributed by atoms with E-state index in [1.54, 1.807) is 0 Å². The number of hydrogen-bond acceptors (Lipinski definition) is 3. The van der Waals surface area contributed by atoms with Crippen LogP contribution in [0, 0.1) is 0 Å². The molecule has 2 heterocycles. The molecule has 2 nitrogen and oxygen atoms in total. The van der Waals surface area contributed by atoms with Crippen LogP contribution in [0.5, 0.6) is 0 Å². The van der Waals surface area contributed by atoms with Crippen LogP contribution in [-0.2, 0) is 0 Å². The summed E-state index contributed by atoms with van der Waals surface area (Å²) in [4.78, 5) is 2.78. The number of nitrogens with one attached hydrogen (secondary N) is 1. The van der Waals surface area contributed by atoms with Crippen molar-refractivity contribution in [1.82, 2.24) is 10.2 Å². The molecular weight excluding hydrogens is 240 g/mol. The maximum Gasteiger partial charge on any atom is 0.0308 e. The minimum atomic E-state index is 0.482. The first-order valence-corrected chi connectivity index (χ1v) is 8.80. The van der Waals surface area contributed by atoms with Gasteiger partial charge in [0, 0.05) is 23.4 Å². The van der Waals surface area contributed by atoms with Crippen molar-refractivity contribution in [2.45, 2.75) is 62.2 Å². The van der Waals surface area contributed by atoms with Crippen molar-refractivity contribution in [3.8, 4) is 0 Å². The molecule has 3 fully saturated rings. The number of rotatable bonds is 2. The van der Waals surface area contributed by atoms with Crippen molar-refractivity contribution in [2.75, 3.05) is 31.9 Å². The van der Waals surface area contributed by atoms with E-state index >= 15 is 0 Å². The van der Waals surface area contributed by atoms with E-state index in [0.29, 0.717) is 10.3 Å². The maximum absolute atomic E-state index is 3.88. The quantitative estimate of drug-likeness (QED) is 0.829. The SMILES string of the molecule is CC1(CN2CCCNC3(CCCC3)C2)CCCS1. The van der Waals surface area contributed by atoms with Crippen LogP contribution in [0.3, 0.4) is 0 Å². The van der Waals surface area contributed by atoms with Crippen molar-refractivity contribution >= 4 is 11.8 Å². The lowest BCUT2D eigenvalue weighted by molar-refractivity contribution is 0.195. The van der Waals surface area contributed by atoms with Crippen molar-refractivity contribution in [1.29, 1.82) is 0 Å². The molecule has 0 amide bonds. The second kappa shape index (κ2) is 5.34. The Morgan fingerprint density at radius 2 is 1.94 bits per heavy atom. The summed E-state index contributed by atoms with van der Waals surface area (Å²) in [6.07, 6.45) is 9.88. The molecule has 1 aliphatic carbocycles. The zero-order chi connectivity index (χ0) is 12.5. The molecule has 0 radical (unpaired) electrons. The average molecular weight is 268 g/mol. The number of hydrogen-bond donors (Lipinski definition) is 1. The molecule has 3 heteroatoms. The van der Waals surface area contributed by atoms with Gasteiger partial charge in [-0.2, -0.15) is 11.8 Å². The fourth-order valence-electron chi connectivity index (χ4n) is 4.18. The topological polar surface area (TPSA) is 15.3 Å². The summed E-state index contributed by atoms with van der Waals surface area (Å²) in [7, 11) is 0. The summed E-state index contributed by atoms with van der Waals surface area (Å²) < 4.78 is 0.546. The first-order valence-electron chi connectivity index (χ1n) is 7.81. The lowest BCUT2D eigenvalue weighted by atomic mass is 9.96. The summed E-state index contributed by atoms with van der Waals surface area (Å²) in [6.45, 7) is 7.67. The Morgan fingerprint density at radius 1 is 1.11 bits per heavy atom. The average Bonchev–Trinajstić information content (AvgIpc) is 2.89. The lowest BCUT2D eigenvalue weighted by Crippen LogP contribution is -2.51. The van der Waals surface area contributed by atoms with Crippen LogP contribution in [0.1, 0.15) is 51.9 Å². The summed E-state index contributed by atoms with van der Waals surface area (Å²) in [6, 6.07) is 0. The fraction of sp³-hybridized carbons (Fsp3) is 1.00. The highest BCUT2D eigenvalue weighted by molar-refractivity contribution is 8.00. The van der Waals surface area contributed by atoms with Gasteiger partial charge in [0.05, 0.1) is 0 Å². The Morgan fingerprint density at radius 3 is 2.67 bits per heavy atom. The van der Waals surface area contributed by atoms with Crippen LogP contribution in [-0.4, -0.2) is 47.1 Å². The molecule has 2 saturated heterocycles. The van der Waals surface area contributed by atoms with Gasteiger partial charge >= 0.3 is 0 Å². The molecule has 1 atom stereocenters. The highest BCUT2D eigenvalue weighted by Crippen LogP contribution is 2.39. The Labute approximate surface area is 116 Å². The largest absolute Gasteiger partial charge is 0.310 e. The van der Waals surface area contributed by atoms with Crippen LogP contribution < -0.4 is 5.32 Å². The van der Waals surface area contributed by atoms with Gasteiger partial charge in [0.25, 0.3) is 0 Å². The van der Waals surface area contributed by atoms with Crippen molar-refractivity contribution in [3.63, 3.8) is 0 Å². The second-order valence-electron chi connectivity index (χ2n) is 6.88. The monoisotopic (exact) mass is 268 g/mol. The van der Waals surface area contributed by atoms with Crippen LogP contribution in [0.25, 0.3) is 0 Å². The predicted octanol–water partition coefficient (Wildman–Crippen LogP) is 2.88. The molecule has 3 rings (SSSR count). The predicted molar refractivity (Wildman–Crippen MR) is 80.4 cm³/mol. The van der Waals surface area contributed by atoms with Crippen molar-refractivity contribution in [3.05, 3.63) is 0 Å². The molecule has 1 N–H and O–H groups in total. The van der Waals surface area contributed by atoms with E-state index in [-0.39, 0.29) is 0 Å². The molecule has 104 valence electrons. The van der Waals surface area contributed by atoms with Gasteiger partial charge in [0.15, 0.2) is 0 Å². The molecule has 1 spiro atoms. The van der Waals surface area contributed by atoms with Gasteiger partial charge in [0.1, 0.15) is 0 Å². The Balaban J connectivity index is 1.63. The number of thioether (sulfide) groups is 1. The van der Waals surface area contributed by atoms with Gasteiger partial charge in [-0.3, -0.25) is 0 Å². The molecule has 0 aromatic heterocycles. The third kappa shape index (κ3) is 2.88. The summed E-state index contributed by atoms with van der Waals surface area (Å²) in [5.74, 6) is 1.38. The minimum Gasteiger partial charge on any atom is -0.310 e. The first kappa shape index (κ1) is 13.3. The highest BCUT2D eigenvalue weighted by atomic mass is 32.2. The molecule has 1 saturated carbocycles. The van der Waals surface area contributed by atoms with Crippen molar-refractivity contribution < 1.29 is 0 Å². The summed E-state index contributed by atoms with van der Waals surface area (Å²) in [5.41, 5.74) is 0.482. The molecule has 0 aromatic carbocycles. The van der Waals surface area contributed by atoms with Gasteiger partial charge in [-0.25, -0.2) is 0 Å². The third-order valence-electron chi connectivity index (χ3n) is 5.10. The Bertz CT molecular complexity index is 280. The highest BCUT2D eigenvalue weighted by Gasteiger charge is 2.39. The van der Waals surface area contributed by atoms with Crippen LogP contribution in [0.4, 0.5) is 0 Å². The van der Waals surface area contributed by atoms with E-state index in [2.05, 4.69) is 28.9 Å². The van der Waals surface area contributed by atoms with E-state index < -0.39 is 0 Å². The van der Waals surface area contributed by atoms with E-state index in [1.165, 1.54) is 76.9 Å². The second-order valence-corrected chi connectivity index (χ2v) is 8.56. The molecular formula is C15H28N2S. The van der Waals surface area contributed by atoms with Gasteiger partial charge in [0.2, 0.25) is 0 Å². The standard InChI is InChI=1S/C15H28N2S/c1-14(6-4-11-18-14)12-17-10-5-9-16-15(13-17)7-2-3-8-15/h16H,2-13H2,1H3. The fourth-order valence-corrected chi connectivity index (χ4v) is 5.52. The van der Waals surface area contributed by atoms with E-state index in [9.17, 15) is 0 Å². The minimum absolute atomic E-state index is 0.482. The first-order chi connectivity index (χ1) is 8.70. The smallest absolute Gasteiger partial charge is 0.0308 e. The summed E-state index contributed by atoms with van der Waals surface area (Å²) in [5, 5.41) is 3.88. The molecule has 3 aliphatic rings. The molecule has 0 bridgehead atoms. The maximum atomic E-state index is 3.88. The Hall–Kier alpha value is 0.270. The number of nitrogens with zero attached hydrogens (tertiary/aromatic N) is 1. The van der Waals surface area contributed by atoms with Gasteiger partial charge < -0.3 is 10.2 Å². The van der Waals surface area contributed by atoms with Crippen LogP contribution >= 0.6 is 11.8 Å². The van der Waals surface area contributed by atoms with E-state index in [4.69, 9.17) is 0 Å². The summed E-state index contributed by atoms with van der Waals surface area (Å²) >= 11 is 2.21. The van der Waals surface area contributed by atoms with Crippen molar-refractivity contribution in [2.24, 2.45) is 0 Å². The lowest BCUT2D eigenvalue weighted by Gasteiger charge is -2.37. The molecule has 1 unspecified atom stereocenters. The van der Waals surface area contributed by atoms with Crippen LogP contribution in [0.2, 0.25) is 0 Å². The zero-order valence-electron chi connectivity index (χ0n) is 11.8. The third-order valence-corrected chi connectivity index (χ3v) is 6.62. The van der Waals surface area contributed by atoms with E-state index in [1.807, 2.05) is 0 Å². The Kier molecular flexibility index (Phi) is 3.93. The van der Waals surface area contributed by atoms with Gasteiger partial charge in [-0.1, -0.05) is 12.8 Å². The molecule has 2 aliphatic heterocycles. The normalized spacial score (nSPS) is 37.2. The molecule has 18 heavy (non-hydrogen) atoms.